The van der Waals surface area contributed by atoms with Crippen molar-refractivity contribution in [1.82, 2.24) is 15.1 Å². The van der Waals surface area contributed by atoms with Gasteiger partial charge in [-0.3, -0.25) is 0 Å². The molecule has 19 heavy (non-hydrogen) atoms. The zero-order valence-electron chi connectivity index (χ0n) is 12.2. The molecule has 0 bridgehead atoms. The molecule has 2 amide bonds. The number of hydrogen-bond acceptors (Lipinski definition) is 3. The van der Waals surface area contributed by atoms with E-state index in [0.717, 1.165) is 45.6 Å². The lowest BCUT2D eigenvalue weighted by atomic mass is 10.1. The van der Waals surface area contributed by atoms with E-state index in [1.807, 2.05) is 11.8 Å². The van der Waals surface area contributed by atoms with Crippen LogP contribution in [-0.2, 0) is 4.74 Å². The summed E-state index contributed by atoms with van der Waals surface area (Å²) in [5.41, 5.74) is 0. The van der Waals surface area contributed by atoms with Crippen LogP contribution in [0.25, 0.3) is 0 Å². The van der Waals surface area contributed by atoms with Gasteiger partial charge in [-0.15, -0.1) is 0 Å². The van der Waals surface area contributed by atoms with E-state index >= 15 is 0 Å². The molecular weight excluding hydrogens is 242 g/mol. The highest BCUT2D eigenvalue weighted by Gasteiger charge is 2.25. The van der Waals surface area contributed by atoms with E-state index in [1.54, 1.807) is 0 Å². The number of amides is 2. The first-order chi connectivity index (χ1) is 9.20. The third kappa shape index (κ3) is 4.08. The minimum atomic E-state index is 0.0928. The van der Waals surface area contributed by atoms with Crippen molar-refractivity contribution < 1.29 is 9.53 Å². The Labute approximate surface area is 116 Å². The Bertz CT molecular complexity index is 290. The summed E-state index contributed by atoms with van der Waals surface area (Å²) in [6, 6.07) is 0.611. The van der Waals surface area contributed by atoms with Crippen LogP contribution in [-0.4, -0.2) is 67.8 Å². The van der Waals surface area contributed by atoms with Gasteiger partial charge in [0.1, 0.15) is 0 Å². The minimum absolute atomic E-state index is 0.0928. The Hall–Kier alpha value is -0.810. The molecule has 0 radical (unpaired) electrons. The van der Waals surface area contributed by atoms with E-state index in [-0.39, 0.29) is 6.03 Å². The van der Waals surface area contributed by atoms with Crippen molar-refractivity contribution in [3.05, 3.63) is 0 Å². The fourth-order valence-electron chi connectivity index (χ4n) is 3.02. The summed E-state index contributed by atoms with van der Waals surface area (Å²) in [5, 5.41) is 3.08. The number of piperidine rings is 1. The molecule has 2 rings (SSSR count). The number of carbonyl (C=O) groups is 1. The summed E-state index contributed by atoms with van der Waals surface area (Å²) >= 11 is 0. The lowest BCUT2D eigenvalue weighted by Gasteiger charge is -2.32. The maximum atomic E-state index is 12.1. The molecule has 0 aromatic carbocycles. The smallest absolute Gasteiger partial charge is 0.317 e. The summed E-state index contributed by atoms with van der Waals surface area (Å²) in [6.45, 7) is 6.36. The van der Waals surface area contributed by atoms with E-state index in [2.05, 4.69) is 17.3 Å². The van der Waals surface area contributed by atoms with E-state index in [9.17, 15) is 4.79 Å². The van der Waals surface area contributed by atoms with E-state index in [4.69, 9.17) is 4.74 Å². The van der Waals surface area contributed by atoms with Gasteiger partial charge in [0.2, 0.25) is 0 Å². The monoisotopic (exact) mass is 269 g/mol. The molecule has 5 nitrogen and oxygen atoms in total. The van der Waals surface area contributed by atoms with Gasteiger partial charge in [-0.2, -0.15) is 0 Å². The van der Waals surface area contributed by atoms with Crippen molar-refractivity contribution in [2.45, 2.75) is 44.8 Å². The number of carbonyl (C=O) groups excluding carboxylic acids is 1. The summed E-state index contributed by atoms with van der Waals surface area (Å²) in [4.78, 5) is 16.3. The number of hydrogen-bond donors (Lipinski definition) is 1. The molecule has 0 saturated carbocycles. The molecule has 2 aliphatic heterocycles. The van der Waals surface area contributed by atoms with Gasteiger partial charge >= 0.3 is 6.03 Å². The normalized spacial score (nSPS) is 25.8. The lowest BCUT2D eigenvalue weighted by Crippen LogP contribution is -2.48. The second-order valence-corrected chi connectivity index (χ2v) is 5.60. The summed E-state index contributed by atoms with van der Waals surface area (Å²) in [6.07, 6.45) is 4.71. The van der Waals surface area contributed by atoms with Crippen LogP contribution >= 0.6 is 0 Å². The van der Waals surface area contributed by atoms with Gasteiger partial charge in [-0.25, -0.2) is 4.79 Å². The second kappa shape index (κ2) is 7.10. The van der Waals surface area contributed by atoms with Crippen LogP contribution in [0.3, 0.4) is 0 Å². The Morgan fingerprint density at radius 1 is 1.26 bits per heavy atom. The zero-order valence-corrected chi connectivity index (χ0v) is 12.2. The Morgan fingerprint density at radius 2 is 2.00 bits per heavy atom. The van der Waals surface area contributed by atoms with Gasteiger partial charge in [-0.1, -0.05) is 0 Å². The summed E-state index contributed by atoms with van der Waals surface area (Å²) in [7, 11) is 2.14. The molecule has 110 valence electrons. The quantitative estimate of drug-likeness (QED) is 0.836. The molecule has 2 heterocycles. The van der Waals surface area contributed by atoms with Gasteiger partial charge in [0, 0.05) is 32.3 Å². The van der Waals surface area contributed by atoms with Crippen LogP contribution in [0.5, 0.6) is 0 Å². The van der Waals surface area contributed by atoms with Crippen LogP contribution in [0.2, 0.25) is 0 Å². The second-order valence-electron chi connectivity index (χ2n) is 5.60. The van der Waals surface area contributed by atoms with Crippen molar-refractivity contribution in [2.24, 2.45) is 0 Å². The number of likely N-dealkylation sites (N-methyl/N-ethyl adjacent to an activating group) is 1. The van der Waals surface area contributed by atoms with Crippen LogP contribution in [0, 0.1) is 0 Å². The lowest BCUT2D eigenvalue weighted by molar-refractivity contribution is 0.0219. The molecule has 2 saturated heterocycles. The fourth-order valence-corrected chi connectivity index (χ4v) is 3.02. The average molecular weight is 269 g/mol. The molecule has 0 aliphatic carbocycles. The zero-order chi connectivity index (χ0) is 13.7. The highest BCUT2D eigenvalue weighted by molar-refractivity contribution is 5.74. The fraction of sp³-hybridized carbons (Fsp3) is 0.929. The maximum Gasteiger partial charge on any atom is 0.317 e. The Balaban J connectivity index is 1.66. The number of nitrogens with one attached hydrogen (secondary N) is 1. The molecule has 5 heteroatoms. The molecule has 0 unspecified atom stereocenters. The molecule has 2 aliphatic rings. The molecule has 2 fully saturated rings. The summed E-state index contributed by atoms with van der Waals surface area (Å²) in [5.74, 6) is 0. The van der Waals surface area contributed by atoms with Gasteiger partial charge in [-0.05, 0) is 46.2 Å². The van der Waals surface area contributed by atoms with Crippen molar-refractivity contribution in [3.63, 3.8) is 0 Å². The topological polar surface area (TPSA) is 44.8 Å². The van der Waals surface area contributed by atoms with Gasteiger partial charge in [0.15, 0.2) is 0 Å². The van der Waals surface area contributed by atoms with E-state index in [0.29, 0.717) is 12.1 Å². The van der Waals surface area contributed by atoms with Crippen molar-refractivity contribution >= 4 is 6.03 Å². The first-order valence-electron chi connectivity index (χ1n) is 7.55. The van der Waals surface area contributed by atoms with E-state index in [1.165, 1.54) is 12.8 Å². The standard InChI is InChI=1S/C14H27N3O2/c1-3-19-13-6-9-17(10-7-13)14(18)15-11-12-5-4-8-16(12)2/h12-13H,3-11H2,1-2H3,(H,15,18)/t12-/m1/s1. The number of urea groups is 1. The predicted octanol–water partition coefficient (Wildman–Crippen LogP) is 1.29. The summed E-state index contributed by atoms with van der Waals surface area (Å²) < 4.78 is 5.60. The average Bonchev–Trinajstić information content (AvgIpc) is 2.83. The van der Waals surface area contributed by atoms with Crippen LogP contribution in [0.15, 0.2) is 0 Å². The maximum absolute atomic E-state index is 12.1. The van der Waals surface area contributed by atoms with Gasteiger partial charge in [0.05, 0.1) is 6.10 Å². The highest BCUT2D eigenvalue weighted by atomic mass is 16.5. The molecule has 1 N–H and O–H groups in total. The number of rotatable bonds is 4. The third-order valence-electron chi connectivity index (χ3n) is 4.29. The number of ether oxygens (including phenoxy) is 1. The first-order valence-corrected chi connectivity index (χ1v) is 7.55. The molecule has 0 spiro atoms. The van der Waals surface area contributed by atoms with Gasteiger partial charge in [0.25, 0.3) is 0 Å². The largest absolute Gasteiger partial charge is 0.378 e. The minimum Gasteiger partial charge on any atom is -0.378 e. The Morgan fingerprint density at radius 3 is 2.58 bits per heavy atom. The molecule has 0 aromatic heterocycles. The molecule has 0 aromatic rings. The third-order valence-corrected chi connectivity index (χ3v) is 4.29. The van der Waals surface area contributed by atoms with E-state index < -0.39 is 0 Å². The van der Waals surface area contributed by atoms with Gasteiger partial charge < -0.3 is 19.9 Å². The predicted molar refractivity (Wildman–Crippen MR) is 75.3 cm³/mol. The first kappa shape index (κ1) is 14.6. The van der Waals surface area contributed by atoms with Crippen LogP contribution in [0.1, 0.15) is 32.6 Å². The number of likely N-dealkylation sites (tertiary alicyclic amines) is 2. The number of nitrogens with zero attached hydrogens (tertiary/aromatic N) is 2. The molecular formula is C14H27N3O2. The van der Waals surface area contributed by atoms with Crippen LogP contribution in [0.4, 0.5) is 4.79 Å². The highest BCUT2D eigenvalue weighted by Crippen LogP contribution is 2.15. The molecule has 1 atom stereocenters. The van der Waals surface area contributed by atoms with Crippen LogP contribution < -0.4 is 5.32 Å². The van der Waals surface area contributed by atoms with Crippen molar-refractivity contribution in [3.8, 4) is 0 Å². The van der Waals surface area contributed by atoms with Crippen molar-refractivity contribution in [2.75, 3.05) is 39.8 Å². The SMILES string of the molecule is CCOC1CCN(C(=O)NC[C@H]2CCCN2C)CC1. The van der Waals surface area contributed by atoms with Crippen molar-refractivity contribution in [1.29, 1.82) is 0 Å². The Kier molecular flexibility index (Phi) is 5.45.